The van der Waals surface area contributed by atoms with Gasteiger partial charge >= 0.3 is 0 Å². The summed E-state index contributed by atoms with van der Waals surface area (Å²) in [7, 11) is 2.08. The quantitative estimate of drug-likeness (QED) is 0.333. The lowest BCUT2D eigenvalue weighted by Gasteiger charge is -2.47. The molecule has 4 aromatic rings. The Balaban J connectivity index is 1.07. The van der Waals surface area contributed by atoms with Crippen molar-refractivity contribution >= 4 is 28.9 Å². The number of aromatic nitrogens is 7. The fourth-order valence-electron chi connectivity index (χ4n) is 7.31. The van der Waals surface area contributed by atoms with E-state index in [4.69, 9.17) is 10.1 Å². The number of anilines is 3. The number of nitriles is 1. The van der Waals surface area contributed by atoms with Crippen LogP contribution >= 0.6 is 0 Å². The van der Waals surface area contributed by atoms with Crippen LogP contribution < -0.4 is 10.2 Å². The number of carbonyl (C=O) groups excluding carboxylic acids is 1. The van der Waals surface area contributed by atoms with Gasteiger partial charge in [0, 0.05) is 69.7 Å². The monoisotopic (exact) mass is 582 g/mol. The lowest BCUT2D eigenvalue weighted by molar-refractivity contribution is -0.133. The smallest absolute Gasteiger partial charge is 0.247 e. The van der Waals surface area contributed by atoms with Crippen LogP contribution in [0.1, 0.15) is 31.7 Å². The first kappa shape index (κ1) is 27.4. The molecule has 4 aromatic heterocycles. The molecule has 6 heterocycles. The number of likely N-dealkylation sites (N-methyl/N-ethyl adjacent to an activating group) is 1. The first-order chi connectivity index (χ1) is 21.0. The van der Waals surface area contributed by atoms with Crippen LogP contribution in [0, 0.1) is 23.2 Å². The maximum Gasteiger partial charge on any atom is 0.247 e. The number of fused-ring (bicyclic) bond motifs is 3. The summed E-state index contributed by atoms with van der Waals surface area (Å²) in [5, 5.41) is 27.0. The Kier molecular flexibility index (Phi) is 7.01. The highest BCUT2D eigenvalue weighted by Crippen LogP contribution is 2.52. The molecule has 2 bridgehead atoms. The molecular weight excluding hydrogens is 544 g/mol. The number of piperidine rings is 1. The molecule has 2 saturated heterocycles. The van der Waals surface area contributed by atoms with E-state index in [1.165, 1.54) is 5.56 Å². The van der Waals surface area contributed by atoms with E-state index in [1.54, 1.807) is 15.4 Å². The molecule has 1 amide bonds. The Morgan fingerprint density at radius 2 is 1.91 bits per heavy atom. The summed E-state index contributed by atoms with van der Waals surface area (Å²) in [6.45, 7) is 7.29. The van der Waals surface area contributed by atoms with Crippen LogP contribution in [0.15, 0.2) is 43.1 Å². The second-order valence-electron chi connectivity index (χ2n) is 12.2. The van der Waals surface area contributed by atoms with Gasteiger partial charge in [0.05, 0.1) is 41.8 Å². The van der Waals surface area contributed by atoms with Crippen molar-refractivity contribution in [2.75, 3.05) is 56.5 Å². The van der Waals surface area contributed by atoms with Gasteiger partial charge in [0.15, 0.2) is 5.65 Å². The first-order valence-corrected chi connectivity index (χ1v) is 15.2. The highest BCUT2D eigenvalue weighted by Gasteiger charge is 2.56. The van der Waals surface area contributed by atoms with Gasteiger partial charge in [-0.1, -0.05) is 6.92 Å². The summed E-state index contributed by atoms with van der Waals surface area (Å²) in [4.78, 5) is 24.1. The number of nitrogens with one attached hydrogen (secondary N) is 1. The van der Waals surface area contributed by atoms with Gasteiger partial charge < -0.3 is 20.0 Å². The Morgan fingerprint density at radius 1 is 1.12 bits per heavy atom. The zero-order valence-corrected chi connectivity index (χ0v) is 24.8. The number of hydrogen-bond donors (Lipinski definition) is 1. The van der Waals surface area contributed by atoms with E-state index in [-0.39, 0.29) is 18.0 Å². The molecule has 1 saturated carbocycles. The number of pyridine rings is 1. The van der Waals surface area contributed by atoms with Gasteiger partial charge in [-0.15, -0.1) is 5.10 Å². The minimum atomic E-state index is -0.268. The zero-order valence-electron chi connectivity index (χ0n) is 24.8. The molecule has 1 aliphatic carbocycles. The van der Waals surface area contributed by atoms with Crippen molar-refractivity contribution in [3.05, 3.63) is 48.7 Å². The summed E-state index contributed by atoms with van der Waals surface area (Å²) in [6, 6.07) is 6.61. The largest absolute Gasteiger partial charge is 0.368 e. The second-order valence-corrected chi connectivity index (χ2v) is 12.2. The fraction of sp³-hybridized carbons (Fsp3) is 0.533. The van der Waals surface area contributed by atoms with E-state index in [2.05, 4.69) is 62.3 Å². The van der Waals surface area contributed by atoms with E-state index >= 15 is 0 Å². The molecule has 43 heavy (non-hydrogen) atoms. The lowest BCUT2D eigenvalue weighted by atomic mass is 9.74. The van der Waals surface area contributed by atoms with Crippen LogP contribution in [0.2, 0.25) is 0 Å². The number of amides is 1. The van der Waals surface area contributed by atoms with E-state index in [0.717, 1.165) is 75.6 Å². The van der Waals surface area contributed by atoms with Crippen LogP contribution in [0.5, 0.6) is 0 Å². The summed E-state index contributed by atoms with van der Waals surface area (Å²) in [5.74, 6) is 1.18. The summed E-state index contributed by atoms with van der Waals surface area (Å²) >= 11 is 0. The molecule has 13 nitrogen and oxygen atoms in total. The standard InChI is InChI=1S/C30H38N12O/c1-3-22-15-33-42(17-22)30(8-9-31)23-6-7-24(30)19-39(18-23)26-5-4-10-41-28(26)35-29(36-41)34-25-16-32-40(20-25)21-27(43)38-13-11-37(2)12-14-38/h4-5,10,15-17,20,23-24H,3,6-8,11-14,18-19,21H2,1-2H3,(H,34,36)/t23-,24+,30?. The normalized spacial score (nSPS) is 24.0. The molecule has 224 valence electrons. The molecule has 2 aliphatic heterocycles. The molecule has 0 spiro atoms. The molecule has 3 atom stereocenters. The highest BCUT2D eigenvalue weighted by molar-refractivity contribution is 5.76. The van der Waals surface area contributed by atoms with E-state index in [1.807, 2.05) is 29.6 Å². The number of piperazine rings is 1. The van der Waals surface area contributed by atoms with Crippen LogP contribution in [-0.4, -0.2) is 96.2 Å². The summed E-state index contributed by atoms with van der Waals surface area (Å²) in [5.41, 5.74) is 3.48. The maximum absolute atomic E-state index is 12.7. The Bertz CT molecular complexity index is 1640. The van der Waals surface area contributed by atoms with Gasteiger partial charge in [0.25, 0.3) is 0 Å². The fourth-order valence-corrected chi connectivity index (χ4v) is 7.31. The first-order valence-electron chi connectivity index (χ1n) is 15.2. The highest BCUT2D eigenvalue weighted by atomic mass is 16.2. The molecule has 3 fully saturated rings. The van der Waals surface area contributed by atoms with E-state index in [9.17, 15) is 10.1 Å². The lowest BCUT2D eigenvalue weighted by Crippen LogP contribution is -2.55. The van der Waals surface area contributed by atoms with Crippen molar-refractivity contribution in [2.24, 2.45) is 11.8 Å². The molecular formula is C30H38N12O. The Labute approximate surface area is 250 Å². The van der Waals surface area contributed by atoms with Gasteiger partial charge in [-0.25, -0.2) is 4.52 Å². The third kappa shape index (κ3) is 4.89. The molecule has 1 N–H and O–H groups in total. The van der Waals surface area contributed by atoms with Gasteiger partial charge in [-0.05, 0) is 44.0 Å². The van der Waals surface area contributed by atoms with Crippen molar-refractivity contribution in [1.82, 2.24) is 44.0 Å². The number of rotatable bonds is 8. The van der Waals surface area contributed by atoms with Crippen molar-refractivity contribution in [1.29, 1.82) is 5.26 Å². The van der Waals surface area contributed by atoms with Crippen molar-refractivity contribution in [3.63, 3.8) is 0 Å². The molecule has 7 rings (SSSR count). The van der Waals surface area contributed by atoms with Gasteiger partial charge in [-0.3, -0.25) is 14.2 Å². The van der Waals surface area contributed by atoms with E-state index in [0.29, 0.717) is 24.2 Å². The molecule has 0 aromatic carbocycles. The zero-order chi connectivity index (χ0) is 29.6. The number of aryl methyl sites for hydroxylation is 1. The number of carbonyl (C=O) groups is 1. The number of hydrogen-bond acceptors (Lipinski definition) is 9. The third-order valence-corrected chi connectivity index (χ3v) is 9.72. The predicted molar refractivity (Wildman–Crippen MR) is 161 cm³/mol. The minimum Gasteiger partial charge on any atom is -0.368 e. The summed E-state index contributed by atoms with van der Waals surface area (Å²) in [6.07, 6.45) is 13.1. The second kappa shape index (κ2) is 11.0. The SMILES string of the molecule is CCc1cnn(C2(CC#N)[C@@H]3CC[C@H]2CN(c2cccn4nc(Nc5cnn(CC(=O)N6CCN(C)CC6)c5)nc24)C3)c1. The molecule has 13 heteroatoms. The molecule has 0 radical (unpaired) electrons. The minimum absolute atomic E-state index is 0.0749. The van der Waals surface area contributed by atoms with Crippen molar-refractivity contribution < 1.29 is 4.79 Å². The maximum atomic E-state index is 12.7. The van der Waals surface area contributed by atoms with Crippen LogP contribution in [0.4, 0.5) is 17.3 Å². The number of nitrogens with zero attached hydrogens (tertiary/aromatic N) is 11. The van der Waals surface area contributed by atoms with Crippen molar-refractivity contribution in [3.8, 4) is 6.07 Å². The Hall–Kier alpha value is -4.44. The summed E-state index contributed by atoms with van der Waals surface area (Å²) < 4.78 is 5.58. The van der Waals surface area contributed by atoms with Crippen LogP contribution in [0.3, 0.4) is 0 Å². The van der Waals surface area contributed by atoms with Gasteiger partial charge in [0.1, 0.15) is 6.54 Å². The molecule has 3 aliphatic rings. The topological polar surface area (TPSA) is 128 Å². The van der Waals surface area contributed by atoms with Crippen molar-refractivity contribution in [2.45, 2.75) is 44.7 Å². The Morgan fingerprint density at radius 3 is 2.63 bits per heavy atom. The predicted octanol–water partition coefficient (Wildman–Crippen LogP) is 2.36. The van der Waals surface area contributed by atoms with E-state index < -0.39 is 0 Å². The van der Waals surface area contributed by atoms with Crippen LogP contribution in [-0.2, 0) is 23.3 Å². The van der Waals surface area contributed by atoms with Gasteiger partial charge in [-0.2, -0.15) is 20.4 Å². The third-order valence-electron chi connectivity index (χ3n) is 9.72. The van der Waals surface area contributed by atoms with Gasteiger partial charge in [0.2, 0.25) is 11.9 Å². The molecule has 1 unspecified atom stereocenters. The average molecular weight is 583 g/mol. The average Bonchev–Trinajstić information content (AvgIpc) is 3.79. The van der Waals surface area contributed by atoms with Crippen LogP contribution in [0.25, 0.3) is 5.65 Å².